The number of hydrogen-bond donors (Lipinski definition) is 2. The van der Waals surface area contributed by atoms with E-state index in [4.69, 9.17) is 23.1 Å². The zero-order valence-corrected chi connectivity index (χ0v) is 6.50. The summed E-state index contributed by atoms with van der Waals surface area (Å²) in [5.41, 5.74) is 9.84. The van der Waals surface area contributed by atoms with Crippen LogP contribution in [0.25, 0.3) is 0 Å². The van der Waals surface area contributed by atoms with Crippen LogP contribution in [0, 0.1) is 0 Å². The van der Waals surface area contributed by atoms with Crippen molar-refractivity contribution in [2.75, 3.05) is 11.5 Å². The standard InChI is InChI=1S/C5H5ClN4O2/c6-2-4(8)10-3(7)1(9-2)5(11)12/h(H,11,12)(H4,7,8,10)/p-1. The molecule has 1 aromatic rings. The van der Waals surface area contributed by atoms with Crippen molar-refractivity contribution in [1.82, 2.24) is 9.97 Å². The van der Waals surface area contributed by atoms with Crippen LogP contribution in [0.4, 0.5) is 11.6 Å². The van der Waals surface area contributed by atoms with E-state index in [1.54, 1.807) is 0 Å². The average Bonchev–Trinajstić information content (AvgIpc) is 1.96. The van der Waals surface area contributed by atoms with Gasteiger partial charge in [-0.2, -0.15) is 0 Å². The smallest absolute Gasteiger partial charge is 0.172 e. The molecule has 0 fully saturated rings. The molecule has 0 radical (unpaired) electrons. The zero-order chi connectivity index (χ0) is 9.30. The van der Waals surface area contributed by atoms with Crippen molar-refractivity contribution in [3.63, 3.8) is 0 Å². The van der Waals surface area contributed by atoms with Crippen molar-refractivity contribution >= 4 is 29.2 Å². The number of carboxylic acids is 1. The summed E-state index contributed by atoms with van der Waals surface area (Å²) in [6.45, 7) is 0. The van der Waals surface area contributed by atoms with Gasteiger partial charge in [0.15, 0.2) is 16.8 Å². The van der Waals surface area contributed by atoms with Crippen molar-refractivity contribution in [3.8, 4) is 0 Å². The van der Waals surface area contributed by atoms with E-state index in [0.29, 0.717) is 0 Å². The van der Waals surface area contributed by atoms with E-state index in [1.807, 2.05) is 0 Å². The maximum absolute atomic E-state index is 10.3. The molecule has 0 amide bonds. The lowest BCUT2D eigenvalue weighted by Crippen LogP contribution is -2.25. The third-order valence-corrected chi connectivity index (χ3v) is 1.38. The number of halogens is 1. The summed E-state index contributed by atoms with van der Waals surface area (Å²) in [6.07, 6.45) is 0. The predicted molar refractivity (Wildman–Crippen MR) is 40.2 cm³/mol. The first kappa shape index (κ1) is 8.54. The van der Waals surface area contributed by atoms with Gasteiger partial charge in [0.25, 0.3) is 0 Å². The van der Waals surface area contributed by atoms with Crippen molar-refractivity contribution < 1.29 is 9.90 Å². The Labute approximate surface area is 72.2 Å². The minimum absolute atomic E-state index is 0.112. The van der Waals surface area contributed by atoms with Crippen LogP contribution < -0.4 is 16.6 Å². The Balaban J connectivity index is 3.33. The Bertz CT molecular complexity index is 340. The molecule has 0 saturated carbocycles. The molecule has 1 heterocycles. The van der Waals surface area contributed by atoms with Gasteiger partial charge in [-0.3, -0.25) is 0 Å². The number of rotatable bonds is 1. The highest BCUT2D eigenvalue weighted by molar-refractivity contribution is 6.31. The molecule has 0 bridgehead atoms. The van der Waals surface area contributed by atoms with Crippen LogP contribution in [0.3, 0.4) is 0 Å². The van der Waals surface area contributed by atoms with E-state index in [9.17, 15) is 9.90 Å². The second kappa shape index (κ2) is 2.82. The highest BCUT2D eigenvalue weighted by Gasteiger charge is 2.07. The number of aromatic nitrogens is 2. The van der Waals surface area contributed by atoms with Gasteiger partial charge in [0.2, 0.25) is 0 Å². The highest BCUT2D eigenvalue weighted by atomic mass is 35.5. The Morgan fingerprint density at radius 1 is 1.33 bits per heavy atom. The van der Waals surface area contributed by atoms with Gasteiger partial charge in [-0.1, -0.05) is 11.6 Å². The Kier molecular flexibility index (Phi) is 2.01. The van der Waals surface area contributed by atoms with Crippen LogP contribution in [0.5, 0.6) is 0 Å². The van der Waals surface area contributed by atoms with Gasteiger partial charge in [0, 0.05) is 0 Å². The van der Waals surface area contributed by atoms with E-state index in [2.05, 4.69) is 9.97 Å². The molecule has 0 saturated heterocycles. The molecule has 0 aliphatic rings. The number of nitrogen functional groups attached to an aromatic ring is 2. The number of carbonyl (C=O) groups is 1. The van der Waals surface area contributed by atoms with Crippen molar-refractivity contribution in [2.24, 2.45) is 0 Å². The van der Waals surface area contributed by atoms with Gasteiger partial charge in [-0.15, -0.1) is 0 Å². The Morgan fingerprint density at radius 3 is 2.42 bits per heavy atom. The van der Waals surface area contributed by atoms with Crippen LogP contribution in [-0.2, 0) is 0 Å². The van der Waals surface area contributed by atoms with E-state index in [0.717, 1.165) is 0 Å². The number of hydrogen-bond acceptors (Lipinski definition) is 6. The summed E-state index contributed by atoms with van der Waals surface area (Å²) in [6, 6.07) is 0. The Hall–Kier alpha value is -1.56. The zero-order valence-electron chi connectivity index (χ0n) is 5.74. The molecule has 0 aliphatic heterocycles. The second-order valence-corrected chi connectivity index (χ2v) is 2.28. The third-order valence-electron chi connectivity index (χ3n) is 1.10. The largest absolute Gasteiger partial charge is 0.543 e. The SMILES string of the molecule is Nc1nc(N)c(C(=O)[O-])nc1Cl. The van der Waals surface area contributed by atoms with Gasteiger partial charge < -0.3 is 21.4 Å². The molecule has 0 aliphatic carbocycles. The average molecular weight is 188 g/mol. The first-order valence-electron chi connectivity index (χ1n) is 2.82. The Morgan fingerprint density at radius 2 is 1.92 bits per heavy atom. The van der Waals surface area contributed by atoms with Gasteiger partial charge in [0.05, 0.1) is 5.97 Å². The van der Waals surface area contributed by atoms with Crippen LogP contribution in [-0.4, -0.2) is 15.9 Å². The lowest BCUT2D eigenvalue weighted by atomic mass is 10.4. The molecule has 0 spiro atoms. The summed E-state index contributed by atoms with van der Waals surface area (Å²) < 4.78 is 0. The molecule has 12 heavy (non-hydrogen) atoms. The predicted octanol–water partition coefficient (Wildman–Crippen LogP) is -1.34. The van der Waals surface area contributed by atoms with Gasteiger partial charge in [-0.25, -0.2) is 9.97 Å². The van der Waals surface area contributed by atoms with E-state index >= 15 is 0 Å². The lowest BCUT2D eigenvalue weighted by Gasteiger charge is -2.05. The summed E-state index contributed by atoms with van der Waals surface area (Å²) in [4.78, 5) is 17.1. The number of aromatic carboxylic acids is 1. The molecule has 0 unspecified atom stereocenters. The normalized spacial score (nSPS) is 9.75. The molecule has 7 heteroatoms. The fourth-order valence-electron chi connectivity index (χ4n) is 0.592. The molecule has 6 nitrogen and oxygen atoms in total. The maximum Gasteiger partial charge on any atom is 0.172 e. The first-order chi connectivity index (χ1) is 5.52. The second-order valence-electron chi connectivity index (χ2n) is 1.92. The number of nitrogens with zero attached hydrogens (tertiary/aromatic N) is 2. The van der Waals surface area contributed by atoms with Crippen molar-refractivity contribution in [2.45, 2.75) is 0 Å². The number of carboxylic acid groups (broad SMARTS) is 1. The molecule has 1 aromatic heterocycles. The third kappa shape index (κ3) is 1.37. The number of carbonyl (C=O) groups excluding carboxylic acids is 1. The van der Waals surface area contributed by atoms with Crippen molar-refractivity contribution in [1.29, 1.82) is 0 Å². The minimum Gasteiger partial charge on any atom is -0.543 e. The first-order valence-corrected chi connectivity index (χ1v) is 3.20. The molecular weight excluding hydrogens is 184 g/mol. The molecule has 4 N–H and O–H groups in total. The van der Waals surface area contributed by atoms with Gasteiger partial charge >= 0.3 is 0 Å². The monoisotopic (exact) mass is 187 g/mol. The summed E-state index contributed by atoms with van der Waals surface area (Å²) >= 11 is 5.38. The van der Waals surface area contributed by atoms with Gasteiger partial charge in [0.1, 0.15) is 5.69 Å². The number of anilines is 2. The molecule has 1 rings (SSSR count). The van der Waals surface area contributed by atoms with Crippen LogP contribution in [0.2, 0.25) is 5.15 Å². The fourth-order valence-corrected chi connectivity index (χ4v) is 0.719. The molecule has 0 aromatic carbocycles. The summed E-state index contributed by atoms with van der Waals surface area (Å²) in [7, 11) is 0. The van der Waals surface area contributed by atoms with Crippen LogP contribution in [0.15, 0.2) is 0 Å². The highest BCUT2D eigenvalue weighted by Crippen LogP contribution is 2.16. The van der Waals surface area contributed by atoms with Crippen LogP contribution >= 0.6 is 11.6 Å². The quantitative estimate of drug-likeness (QED) is 0.562. The minimum atomic E-state index is -1.54. The van der Waals surface area contributed by atoms with E-state index < -0.39 is 11.7 Å². The fraction of sp³-hybridized carbons (Fsp3) is 0. The maximum atomic E-state index is 10.3. The molecular formula is C5H4ClN4O2-. The molecule has 64 valence electrons. The lowest BCUT2D eigenvalue weighted by molar-refractivity contribution is -0.255. The van der Waals surface area contributed by atoms with E-state index in [-0.39, 0.29) is 16.8 Å². The topological polar surface area (TPSA) is 118 Å². The number of nitrogens with two attached hydrogens (primary N) is 2. The van der Waals surface area contributed by atoms with Crippen LogP contribution in [0.1, 0.15) is 10.5 Å². The van der Waals surface area contributed by atoms with Gasteiger partial charge in [-0.05, 0) is 0 Å². The van der Waals surface area contributed by atoms with Crippen molar-refractivity contribution in [3.05, 3.63) is 10.8 Å². The molecule has 0 atom stereocenters. The summed E-state index contributed by atoms with van der Waals surface area (Å²) in [5.74, 6) is -1.96. The van der Waals surface area contributed by atoms with E-state index in [1.165, 1.54) is 0 Å². The summed E-state index contributed by atoms with van der Waals surface area (Å²) in [5, 5.41) is 10.1.